The van der Waals surface area contributed by atoms with Gasteiger partial charge in [0.1, 0.15) is 5.82 Å². The minimum Gasteiger partial charge on any atom is -0.321 e. The molecule has 1 amide bonds. The smallest absolute Gasteiger partial charge is 0.258 e. The molecular weight excluding hydrogens is 289 g/mol. The van der Waals surface area contributed by atoms with E-state index in [1.54, 1.807) is 13.2 Å². The molecule has 0 saturated heterocycles. The highest BCUT2D eigenvalue weighted by atomic mass is 79.9. The summed E-state index contributed by atoms with van der Waals surface area (Å²) in [6.45, 7) is 0. The van der Waals surface area contributed by atoms with Crippen LogP contribution in [0, 0.1) is 5.82 Å². The summed E-state index contributed by atoms with van der Waals surface area (Å²) in [6, 6.07) is 4.07. The molecule has 0 radical (unpaired) electrons. The topological polar surface area (TPSA) is 46.9 Å². The first kappa shape index (κ1) is 11.8. The van der Waals surface area contributed by atoms with Crippen molar-refractivity contribution in [3.05, 3.63) is 46.4 Å². The number of hydrogen-bond donors (Lipinski definition) is 1. The van der Waals surface area contributed by atoms with Gasteiger partial charge in [0.15, 0.2) is 0 Å². The van der Waals surface area contributed by atoms with Crippen LogP contribution in [0.3, 0.4) is 0 Å². The maximum Gasteiger partial charge on any atom is 0.258 e. The van der Waals surface area contributed by atoms with Crippen LogP contribution >= 0.6 is 15.9 Å². The van der Waals surface area contributed by atoms with E-state index in [0.29, 0.717) is 15.7 Å². The fraction of sp³-hybridized carbons (Fsp3) is 0.0909. The molecule has 1 aromatic heterocycles. The highest BCUT2D eigenvalue weighted by Crippen LogP contribution is 2.23. The zero-order valence-corrected chi connectivity index (χ0v) is 10.5. The van der Waals surface area contributed by atoms with Gasteiger partial charge in [-0.05, 0) is 34.1 Å². The molecule has 4 nitrogen and oxygen atoms in total. The summed E-state index contributed by atoms with van der Waals surface area (Å²) in [7, 11) is 1.73. The molecule has 6 heteroatoms. The van der Waals surface area contributed by atoms with Gasteiger partial charge in [-0.15, -0.1) is 0 Å². The third-order valence-electron chi connectivity index (χ3n) is 2.15. The van der Waals surface area contributed by atoms with Crippen molar-refractivity contribution in [3.8, 4) is 0 Å². The maximum absolute atomic E-state index is 12.9. The van der Waals surface area contributed by atoms with E-state index in [-0.39, 0.29) is 11.7 Å². The molecule has 0 aliphatic carbocycles. The van der Waals surface area contributed by atoms with Gasteiger partial charge in [-0.25, -0.2) is 4.39 Å². The third-order valence-corrected chi connectivity index (χ3v) is 2.80. The highest BCUT2D eigenvalue weighted by Gasteiger charge is 2.10. The zero-order valence-electron chi connectivity index (χ0n) is 8.95. The molecule has 0 unspecified atom stereocenters. The quantitative estimate of drug-likeness (QED) is 0.926. The first-order valence-electron chi connectivity index (χ1n) is 4.81. The number of nitrogens with zero attached hydrogens (tertiary/aromatic N) is 2. The van der Waals surface area contributed by atoms with E-state index >= 15 is 0 Å². The Morgan fingerprint density at radius 3 is 2.88 bits per heavy atom. The number of benzene rings is 1. The van der Waals surface area contributed by atoms with E-state index < -0.39 is 0 Å². The van der Waals surface area contributed by atoms with Crippen LogP contribution in [-0.4, -0.2) is 15.7 Å². The van der Waals surface area contributed by atoms with E-state index in [0.717, 1.165) is 0 Å². The zero-order chi connectivity index (χ0) is 12.4. The SMILES string of the molecule is Cn1cc(C(=O)Nc2ccc(F)cc2Br)cn1. The number of halogens is 2. The van der Waals surface area contributed by atoms with Crippen LogP contribution < -0.4 is 5.32 Å². The van der Waals surface area contributed by atoms with Crippen molar-refractivity contribution in [2.24, 2.45) is 7.05 Å². The molecule has 0 saturated carbocycles. The molecule has 17 heavy (non-hydrogen) atoms. The second-order valence-corrected chi connectivity index (χ2v) is 4.34. The van der Waals surface area contributed by atoms with Gasteiger partial charge in [-0.3, -0.25) is 9.48 Å². The third kappa shape index (κ3) is 2.71. The number of anilines is 1. The van der Waals surface area contributed by atoms with E-state index in [4.69, 9.17) is 0 Å². The molecule has 0 spiro atoms. The maximum atomic E-state index is 12.9. The van der Waals surface area contributed by atoms with Gasteiger partial charge in [0.2, 0.25) is 0 Å². The van der Waals surface area contributed by atoms with Gasteiger partial charge >= 0.3 is 0 Å². The average Bonchev–Trinajstić information content (AvgIpc) is 2.69. The normalized spacial score (nSPS) is 10.3. The molecule has 2 aromatic rings. The number of aromatic nitrogens is 2. The Balaban J connectivity index is 2.18. The molecule has 0 bridgehead atoms. The van der Waals surface area contributed by atoms with Gasteiger partial charge in [-0.1, -0.05) is 0 Å². The Kier molecular flexibility index (Phi) is 3.23. The lowest BCUT2D eigenvalue weighted by Crippen LogP contribution is -2.11. The highest BCUT2D eigenvalue weighted by molar-refractivity contribution is 9.10. The molecule has 2 rings (SSSR count). The number of hydrogen-bond acceptors (Lipinski definition) is 2. The van der Waals surface area contributed by atoms with Crippen LogP contribution in [0.5, 0.6) is 0 Å². The number of rotatable bonds is 2. The van der Waals surface area contributed by atoms with Crippen molar-refractivity contribution in [1.29, 1.82) is 0 Å². The van der Waals surface area contributed by atoms with Gasteiger partial charge in [0, 0.05) is 17.7 Å². The van der Waals surface area contributed by atoms with Gasteiger partial charge in [0.05, 0.1) is 17.4 Å². The first-order chi connectivity index (χ1) is 8.06. The van der Waals surface area contributed by atoms with Crippen LogP contribution in [0.25, 0.3) is 0 Å². The fourth-order valence-corrected chi connectivity index (χ4v) is 1.77. The lowest BCUT2D eigenvalue weighted by Gasteiger charge is -2.05. The minimum atomic E-state index is -0.365. The summed E-state index contributed by atoms with van der Waals surface area (Å²) in [5.41, 5.74) is 0.962. The molecular formula is C11H9BrFN3O. The fourth-order valence-electron chi connectivity index (χ4n) is 1.32. The number of amides is 1. The van der Waals surface area contributed by atoms with Crippen molar-refractivity contribution in [1.82, 2.24) is 9.78 Å². The van der Waals surface area contributed by atoms with Crippen LogP contribution in [0.4, 0.5) is 10.1 Å². The standard InChI is InChI=1S/C11H9BrFN3O/c1-16-6-7(5-14-16)11(17)15-10-3-2-8(13)4-9(10)12/h2-6H,1H3,(H,15,17). The summed E-state index contributed by atoms with van der Waals surface area (Å²) in [4.78, 5) is 11.8. The van der Waals surface area contributed by atoms with Crippen LogP contribution in [0.2, 0.25) is 0 Å². The van der Waals surface area contributed by atoms with Crippen molar-refractivity contribution in [2.75, 3.05) is 5.32 Å². The Bertz CT molecular complexity index is 568. The Labute approximate surface area is 106 Å². The Morgan fingerprint density at radius 2 is 2.29 bits per heavy atom. The number of aryl methyl sites for hydroxylation is 1. The van der Waals surface area contributed by atoms with Crippen LogP contribution in [0.1, 0.15) is 10.4 Å². The summed E-state index contributed by atoms with van der Waals surface area (Å²) in [5.74, 6) is -0.651. The predicted octanol–water partition coefficient (Wildman–Crippen LogP) is 2.57. The van der Waals surface area contributed by atoms with Crippen molar-refractivity contribution in [3.63, 3.8) is 0 Å². The second kappa shape index (κ2) is 4.67. The van der Waals surface area contributed by atoms with Crippen LogP contribution in [-0.2, 0) is 7.05 Å². The second-order valence-electron chi connectivity index (χ2n) is 3.48. The lowest BCUT2D eigenvalue weighted by atomic mass is 10.3. The molecule has 1 heterocycles. The largest absolute Gasteiger partial charge is 0.321 e. The monoisotopic (exact) mass is 297 g/mol. The van der Waals surface area contributed by atoms with E-state index in [1.165, 1.54) is 29.1 Å². The van der Waals surface area contributed by atoms with E-state index in [2.05, 4.69) is 26.3 Å². The van der Waals surface area contributed by atoms with E-state index in [9.17, 15) is 9.18 Å². The number of nitrogens with one attached hydrogen (secondary N) is 1. The Hall–Kier alpha value is -1.69. The summed E-state index contributed by atoms with van der Waals surface area (Å²) >= 11 is 3.18. The lowest BCUT2D eigenvalue weighted by molar-refractivity contribution is 0.102. The Morgan fingerprint density at radius 1 is 1.53 bits per heavy atom. The molecule has 0 aliphatic heterocycles. The summed E-state index contributed by atoms with van der Waals surface area (Å²) in [5, 5.41) is 6.56. The minimum absolute atomic E-state index is 0.287. The van der Waals surface area contributed by atoms with Gasteiger partial charge < -0.3 is 5.32 Å². The van der Waals surface area contributed by atoms with Crippen LogP contribution in [0.15, 0.2) is 35.1 Å². The van der Waals surface area contributed by atoms with Crippen molar-refractivity contribution >= 4 is 27.5 Å². The summed E-state index contributed by atoms with van der Waals surface area (Å²) < 4.78 is 14.9. The predicted molar refractivity (Wildman–Crippen MR) is 65.3 cm³/mol. The molecule has 0 atom stereocenters. The average molecular weight is 298 g/mol. The molecule has 0 aliphatic rings. The number of carbonyl (C=O) groups excluding carboxylic acids is 1. The molecule has 88 valence electrons. The van der Waals surface area contributed by atoms with Gasteiger partial charge in [-0.2, -0.15) is 5.10 Å². The summed E-state index contributed by atoms with van der Waals surface area (Å²) in [6.07, 6.45) is 3.07. The number of carbonyl (C=O) groups is 1. The molecule has 1 aromatic carbocycles. The first-order valence-corrected chi connectivity index (χ1v) is 5.60. The van der Waals surface area contributed by atoms with Crippen molar-refractivity contribution in [2.45, 2.75) is 0 Å². The van der Waals surface area contributed by atoms with Gasteiger partial charge in [0.25, 0.3) is 5.91 Å². The van der Waals surface area contributed by atoms with E-state index in [1.807, 2.05) is 0 Å². The molecule has 0 fully saturated rings. The van der Waals surface area contributed by atoms with Crippen molar-refractivity contribution < 1.29 is 9.18 Å². The molecule has 1 N–H and O–H groups in total.